The van der Waals surface area contributed by atoms with Gasteiger partial charge in [0.1, 0.15) is 17.2 Å². The van der Waals surface area contributed by atoms with Gasteiger partial charge in [-0.15, -0.1) is 0 Å². The predicted molar refractivity (Wildman–Crippen MR) is 153 cm³/mol. The Kier molecular flexibility index (Phi) is 7.75. The molecule has 1 N–H and O–H groups in total. The molecule has 2 aliphatic rings. The fourth-order valence-electron chi connectivity index (χ4n) is 4.62. The number of rotatable bonds is 9. The maximum absolute atomic E-state index is 14.7. The maximum atomic E-state index is 14.7. The molecule has 0 saturated heterocycles. The molecule has 3 aromatic rings. The van der Waals surface area contributed by atoms with Gasteiger partial charge in [0.2, 0.25) is 11.5 Å². The second-order valence-electron chi connectivity index (χ2n) is 8.97. The normalized spacial score (nSPS) is 17.0. The smallest absolute Gasteiger partial charge is 0.626 e. The lowest BCUT2D eigenvalue weighted by Crippen LogP contribution is -2.34. The summed E-state index contributed by atoms with van der Waals surface area (Å²) in [6, 6.07) is 10.3. The van der Waals surface area contributed by atoms with Gasteiger partial charge in [0.15, 0.2) is 23.0 Å². The molecule has 0 saturated carbocycles. The molecule has 0 spiro atoms. The zero-order valence-electron chi connectivity index (χ0n) is 23.7. The summed E-state index contributed by atoms with van der Waals surface area (Å²) in [5.74, 6) is 2.34. The number of ether oxygens (including phenoxy) is 6. The Bertz CT molecular complexity index is 1590. The van der Waals surface area contributed by atoms with Crippen LogP contribution < -0.4 is 28.4 Å². The first kappa shape index (κ1) is 28.5. The highest BCUT2D eigenvalue weighted by Gasteiger charge is 2.39. The van der Waals surface area contributed by atoms with Gasteiger partial charge in [-0.25, -0.2) is 4.99 Å². The summed E-state index contributed by atoms with van der Waals surface area (Å²) in [5.41, 5.74) is 2.90. The number of aromatic amines is 1. The lowest BCUT2D eigenvalue weighted by atomic mass is 10.1. The van der Waals surface area contributed by atoms with Crippen LogP contribution in [-0.4, -0.2) is 60.5 Å². The fourth-order valence-corrected chi connectivity index (χ4v) is 4.62. The van der Waals surface area contributed by atoms with Crippen molar-refractivity contribution in [2.75, 3.05) is 42.7 Å². The largest absolute Gasteiger partial charge is 0.726 e. The quantitative estimate of drug-likeness (QED) is 0.318. The second kappa shape index (κ2) is 11.4. The highest BCUT2D eigenvalue weighted by Crippen LogP contribution is 2.42. The molecular formula is C29H28BF2N2O8-. The Hall–Kier alpha value is -5.07. The Morgan fingerprint density at radius 3 is 1.71 bits per heavy atom. The van der Waals surface area contributed by atoms with Gasteiger partial charge in [-0.3, -0.25) is 0 Å². The maximum Gasteiger partial charge on any atom is 0.726 e. The van der Waals surface area contributed by atoms with E-state index in [1.807, 2.05) is 0 Å². The molecule has 2 aliphatic heterocycles. The zero-order chi connectivity index (χ0) is 30.0. The standard InChI is InChI=1S/C29H28BF2N2O8/c1-35-24-11-16(12-25(36-2)28(24)39-5)18-7-9-20(33-18)22-15-23(42-30(31,32)41-22)21-10-8-19(34-21)17-13-26(37-3)29(40-6)27(14-17)38-4/h7-15,33H,1-6H3/q-1/b23-21-. The molecule has 220 valence electrons. The van der Waals surface area contributed by atoms with Crippen molar-refractivity contribution >= 4 is 18.6 Å². The topological polar surface area (TPSA) is 102 Å². The van der Waals surface area contributed by atoms with Crippen molar-refractivity contribution in [3.05, 3.63) is 77.3 Å². The number of allylic oxidation sites excluding steroid dienone is 3. The van der Waals surface area contributed by atoms with Gasteiger partial charge in [-0.1, -0.05) is 0 Å². The Morgan fingerprint density at radius 2 is 1.19 bits per heavy atom. The van der Waals surface area contributed by atoms with E-state index in [4.69, 9.17) is 37.7 Å². The number of aliphatic imine (C=N–C) groups is 1. The van der Waals surface area contributed by atoms with Crippen molar-refractivity contribution in [2.45, 2.75) is 0 Å². The van der Waals surface area contributed by atoms with Crippen LogP contribution in [0.25, 0.3) is 17.0 Å². The number of aromatic nitrogens is 1. The van der Waals surface area contributed by atoms with Crippen LogP contribution in [0.4, 0.5) is 8.63 Å². The van der Waals surface area contributed by atoms with Crippen molar-refractivity contribution in [3.8, 4) is 45.8 Å². The van der Waals surface area contributed by atoms with E-state index in [2.05, 4.69) is 9.98 Å². The number of nitrogens with zero attached hydrogens (tertiary/aromatic N) is 1. The minimum Gasteiger partial charge on any atom is -0.626 e. The van der Waals surface area contributed by atoms with Crippen LogP contribution in [0.3, 0.4) is 0 Å². The minimum absolute atomic E-state index is 0.114. The summed E-state index contributed by atoms with van der Waals surface area (Å²) >= 11 is 0. The highest BCUT2D eigenvalue weighted by atomic mass is 19.3. The third-order valence-electron chi connectivity index (χ3n) is 6.57. The molecule has 1 aromatic heterocycles. The monoisotopic (exact) mass is 581 g/mol. The van der Waals surface area contributed by atoms with Crippen molar-refractivity contribution < 1.29 is 46.4 Å². The molecule has 0 unspecified atom stereocenters. The van der Waals surface area contributed by atoms with Crippen LogP contribution in [0.2, 0.25) is 0 Å². The van der Waals surface area contributed by atoms with Crippen molar-refractivity contribution in [1.29, 1.82) is 0 Å². The molecule has 42 heavy (non-hydrogen) atoms. The van der Waals surface area contributed by atoms with Gasteiger partial charge in [-0.05, 0) is 48.6 Å². The van der Waals surface area contributed by atoms with Gasteiger partial charge in [0.25, 0.3) is 0 Å². The number of hydrogen-bond acceptors (Lipinski definition) is 9. The number of methoxy groups -OCH3 is 6. The Balaban J connectivity index is 1.51. The molecule has 3 heterocycles. The molecule has 10 nitrogen and oxygen atoms in total. The summed E-state index contributed by atoms with van der Waals surface area (Å²) in [7, 11) is 4.35. The number of halogens is 2. The fraction of sp³-hybridized carbons (Fsp3) is 0.207. The molecule has 13 heteroatoms. The molecule has 0 bridgehead atoms. The van der Waals surface area contributed by atoms with E-state index in [1.165, 1.54) is 48.7 Å². The van der Waals surface area contributed by atoms with Crippen LogP contribution >= 0.6 is 0 Å². The molecule has 0 amide bonds. The van der Waals surface area contributed by atoms with Crippen molar-refractivity contribution in [2.24, 2.45) is 4.99 Å². The van der Waals surface area contributed by atoms with E-state index in [-0.39, 0.29) is 17.2 Å². The summed E-state index contributed by atoms with van der Waals surface area (Å²) in [6.07, 6.45) is 4.62. The first-order chi connectivity index (χ1) is 20.2. The van der Waals surface area contributed by atoms with Gasteiger partial charge in [0, 0.05) is 22.9 Å². The molecule has 2 aromatic carbocycles. The molecule has 0 fully saturated rings. The van der Waals surface area contributed by atoms with Gasteiger partial charge in [0.05, 0.1) is 54.1 Å². The molecule has 0 aliphatic carbocycles. The second-order valence-corrected chi connectivity index (χ2v) is 8.97. The van der Waals surface area contributed by atoms with E-state index in [9.17, 15) is 8.63 Å². The number of nitrogens with one attached hydrogen (secondary N) is 1. The van der Waals surface area contributed by atoms with Crippen molar-refractivity contribution in [1.82, 2.24) is 4.98 Å². The summed E-state index contributed by atoms with van der Waals surface area (Å²) in [5, 5.41) is 0. The SMILES string of the molecule is COc1cc(C2=N/C(=C3/C=C(c4ccc(-c5cc(OC)c(OC)c(OC)c5)[nH]4)O[B-](F)(F)O3)C=C2)cc(OC)c1OC. The van der Waals surface area contributed by atoms with Crippen LogP contribution in [0, 0.1) is 0 Å². The number of H-pyrrole nitrogens is 1. The van der Waals surface area contributed by atoms with E-state index >= 15 is 0 Å². The predicted octanol–water partition coefficient (Wildman–Crippen LogP) is 5.77. The molecule has 0 atom stereocenters. The average molecular weight is 581 g/mol. The molecule has 0 radical (unpaired) electrons. The molecular weight excluding hydrogens is 553 g/mol. The van der Waals surface area contributed by atoms with E-state index in [0.29, 0.717) is 62.7 Å². The summed E-state index contributed by atoms with van der Waals surface area (Å²) in [4.78, 5) is 7.64. The van der Waals surface area contributed by atoms with Crippen LogP contribution in [-0.2, 0) is 9.31 Å². The van der Waals surface area contributed by atoms with E-state index in [0.717, 1.165) is 0 Å². The van der Waals surface area contributed by atoms with Gasteiger partial charge < -0.3 is 51.3 Å². The van der Waals surface area contributed by atoms with Gasteiger partial charge in [-0.2, -0.15) is 0 Å². The Morgan fingerprint density at radius 1 is 0.667 bits per heavy atom. The summed E-state index contributed by atoms with van der Waals surface area (Å²) in [6.45, 7) is 0. The van der Waals surface area contributed by atoms with E-state index < -0.39 is 7.11 Å². The first-order valence-electron chi connectivity index (χ1n) is 12.6. The number of hydrogen-bond donors (Lipinski definition) is 1. The average Bonchev–Trinajstić information content (AvgIpc) is 3.70. The lowest BCUT2D eigenvalue weighted by molar-refractivity contribution is 0.171. The highest BCUT2D eigenvalue weighted by molar-refractivity contribution is 6.53. The van der Waals surface area contributed by atoms with Gasteiger partial charge >= 0.3 is 7.11 Å². The first-order valence-corrected chi connectivity index (χ1v) is 12.6. The van der Waals surface area contributed by atoms with Crippen LogP contribution in [0.1, 0.15) is 11.3 Å². The minimum atomic E-state index is -4.68. The zero-order valence-corrected chi connectivity index (χ0v) is 23.7. The Labute approximate surface area is 240 Å². The van der Waals surface area contributed by atoms with Crippen molar-refractivity contribution in [3.63, 3.8) is 0 Å². The third kappa shape index (κ3) is 5.32. The number of benzene rings is 2. The molecule has 5 rings (SSSR count). The van der Waals surface area contributed by atoms with Crippen LogP contribution in [0.5, 0.6) is 34.5 Å². The summed E-state index contributed by atoms with van der Waals surface area (Å²) < 4.78 is 71.7. The van der Waals surface area contributed by atoms with Crippen LogP contribution in [0.15, 0.2) is 71.1 Å². The lowest BCUT2D eigenvalue weighted by Gasteiger charge is -2.34. The van der Waals surface area contributed by atoms with E-state index in [1.54, 1.807) is 48.6 Å². The third-order valence-corrected chi connectivity index (χ3v) is 6.57.